The van der Waals surface area contributed by atoms with Crippen molar-refractivity contribution in [1.29, 1.82) is 0 Å². The van der Waals surface area contributed by atoms with Crippen LogP contribution in [0, 0.1) is 6.92 Å². The summed E-state index contributed by atoms with van der Waals surface area (Å²) >= 11 is 6.34. The van der Waals surface area contributed by atoms with E-state index in [2.05, 4.69) is 54.1 Å². The van der Waals surface area contributed by atoms with Gasteiger partial charge in [-0.05, 0) is 36.7 Å². The first-order valence-corrected chi connectivity index (χ1v) is 8.11. The third-order valence-corrected chi connectivity index (χ3v) is 4.57. The molecule has 114 valence electrons. The van der Waals surface area contributed by atoms with E-state index in [0.29, 0.717) is 0 Å². The summed E-state index contributed by atoms with van der Waals surface area (Å²) in [6.07, 6.45) is 0. The van der Waals surface area contributed by atoms with E-state index in [1.165, 1.54) is 22.2 Å². The summed E-state index contributed by atoms with van der Waals surface area (Å²) in [5.74, 6) is 0. The highest BCUT2D eigenvalue weighted by Gasteiger charge is 2.14. The molecule has 0 aliphatic rings. The van der Waals surface area contributed by atoms with E-state index in [-0.39, 0.29) is 0 Å². The van der Waals surface area contributed by atoms with Gasteiger partial charge in [0.05, 0.1) is 0 Å². The number of benzene rings is 2. The Morgan fingerprint density at radius 1 is 1.05 bits per heavy atom. The Bertz CT molecular complexity index is 789. The SMILES string of the molecule is CCNCc1c(C)n(Cc2ccccc2Cl)c2ccccc12. The zero-order chi connectivity index (χ0) is 15.5. The van der Waals surface area contributed by atoms with E-state index in [1.807, 2.05) is 18.2 Å². The molecule has 0 amide bonds. The standard InChI is InChI=1S/C19H21ClN2/c1-3-21-12-17-14(2)22(19-11-7-5-9-16(17)19)13-15-8-4-6-10-18(15)20/h4-11,21H,3,12-13H2,1-2H3. The fraction of sp³-hybridized carbons (Fsp3) is 0.263. The van der Waals surface area contributed by atoms with Crippen LogP contribution >= 0.6 is 11.6 Å². The van der Waals surface area contributed by atoms with Crippen LogP contribution in [0.5, 0.6) is 0 Å². The van der Waals surface area contributed by atoms with Crippen LogP contribution in [0.4, 0.5) is 0 Å². The minimum atomic E-state index is 0.804. The van der Waals surface area contributed by atoms with Crippen LogP contribution < -0.4 is 5.32 Å². The van der Waals surface area contributed by atoms with Gasteiger partial charge in [-0.15, -0.1) is 0 Å². The predicted octanol–water partition coefficient (Wildman–Crippen LogP) is 4.76. The van der Waals surface area contributed by atoms with Gasteiger partial charge in [0.1, 0.15) is 0 Å². The Kier molecular flexibility index (Phi) is 4.51. The second kappa shape index (κ2) is 6.55. The number of rotatable bonds is 5. The highest BCUT2D eigenvalue weighted by molar-refractivity contribution is 6.31. The van der Waals surface area contributed by atoms with Gasteiger partial charge in [-0.3, -0.25) is 0 Å². The molecule has 2 aromatic carbocycles. The molecule has 1 heterocycles. The molecular formula is C19H21ClN2. The Morgan fingerprint density at radius 2 is 1.77 bits per heavy atom. The van der Waals surface area contributed by atoms with Gasteiger partial charge in [0, 0.05) is 34.7 Å². The first-order valence-electron chi connectivity index (χ1n) is 7.73. The number of hydrogen-bond acceptors (Lipinski definition) is 1. The number of hydrogen-bond donors (Lipinski definition) is 1. The maximum atomic E-state index is 6.34. The third kappa shape index (κ3) is 2.77. The van der Waals surface area contributed by atoms with Crippen molar-refractivity contribution >= 4 is 22.5 Å². The molecule has 0 unspecified atom stereocenters. The molecule has 0 aliphatic carbocycles. The molecule has 3 aromatic rings. The van der Waals surface area contributed by atoms with E-state index in [9.17, 15) is 0 Å². The molecule has 22 heavy (non-hydrogen) atoms. The van der Waals surface area contributed by atoms with Gasteiger partial charge in [0.2, 0.25) is 0 Å². The minimum Gasteiger partial charge on any atom is -0.340 e. The monoisotopic (exact) mass is 312 g/mol. The molecule has 1 aromatic heterocycles. The van der Waals surface area contributed by atoms with Crippen molar-refractivity contribution in [3.8, 4) is 0 Å². The fourth-order valence-corrected chi connectivity index (χ4v) is 3.17. The van der Waals surface area contributed by atoms with Gasteiger partial charge in [-0.2, -0.15) is 0 Å². The van der Waals surface area contributed by atoms with Crippen molar-refractivity contribution in [2.24, 2.45) is 0 Å². The molecule has 3 heteroatoms. The Balaban J connectivity index is 2.09. The largest absolute Gasteiger partial charge is 0.340 e. The van der Waals surface area contributed by atoms with Crippen LogP contribution in [0.25, 0.3) is 10.9 Å². The van der Waals surface area contributed by atoms with Crippen LogP contribution in [0.3, 0.4) is 0 Å². The van der Waals surface area contributed by atoms with Crippen LogP contribution in [0.2, 0.25) is 5.02 Å². The molecule has 0 atom stereocenters. The quantitative estimate of drug-likeness (QED) is 0.718. The topological polar surface area (TPSA) is 17.0 Å². The Morgan fingerprint density at radius 3 is 2.55 bits per heavy atom. The number of para-hydroxylation sites is 1. The number of halogens is 1. The highest BCUT2D eigenvalue weighted by Crippen LogP contribution is 2.28. The summed E-state index contributed by atoms with van der Waals surface area (Å²) in [6, 6.07) is 16.7. The van der Waals surface area contributed by atoms with Gasteiger partial charge in [0.15, 0.2) is 0 Å². The summed E-state index contributed by atoms with van der Waals surface area (Å²) in [7, 11) is 0. The second-order valence-corrected chi connectivity index (χ2v) is 5.95. The fourth-order valence-electron chi connectivity index (χ4n) is 2.98. The van der Waals surface area contributed by atoms with Gasteiger partial charge in [-0.25, -0.2) is 0 Å². The highest BCUT2D eigenvalue weighted by atomic mass is 35.5. The number of aromatic nitrogens is 1. The average Bonchev–Trinajstić information content (AvgIpc) is 2.80. The first-order chi connectivity index (χ1) is 10.7. The zero-order valence-corrected chi connectivity index (χ0v) is 13.8. The molecule has 0 saturated heterocycles. The van der Waals surface area contributed by atoms with E-state index < -0.39 is 0 Å². The average molecular weight is 313 g/mol. The van der Waals surface area contributed by atoms with E-state index >= 15 is 0 Å². The Hall–Kier alpha value is -1.77. The molecule has 1 N–H and O–H groups in total. The zero-order valence-electron chi connectivity index (χ0n) is 13.1. The van der Waals surface area contributed by atoms with E-state index in [0.717, 1.165) is 30.2 Å². The maximum Gasteiger partial charge on any atom is 0.0493 e. The maximum absolute atomic E-state index is 6.34. The molecule has 3 rings (SSSR count). The van der Waals surface area contributed by atoms with E-state index in [1.54, 1.807) is 0 Å². The van der Waals surface area contributed by atoms with Crippen LogP contribution in [0.1, 0.15) is 23.7 Å². The van der Waals surface area contributed by atoms with Crippen molar-refractivity contribution in [2.45, 2.75) is 26.9 Å². The summed E-state index contributed by atoms with van der Waals surface area (Å²) < 4.78 is 2.36. The summed E-state index contributed by atoms with van der Waals surface area (Å²) in [5.41, 5.74) is 5.11. The predicted molar refractivity (Wildman–Crippen MR) is 94.6 cm³/mol. The summed E-state index contributed by atoms with van der Waals surface area (Å²) in [5, 5.41) is 5.60. The van der Waals surface area contributed by atoms with Crippen molar-refractivity contribution in [1.82, 2.24) is 9.88 Å². The molecule has 0 spiro atoms. The second-order valence-electron chi connectivity index (χ2n) is 5.54. The lowest BCUT2D eigenvalue weighted by atomic mass is 10.1. The number of nitrogens with zero attached hydrogens (tertiary/aromatic N) is 1. The molecule has 0 radical (unpaired) electrons. The lowest BCUT2D eigenvalue weighted by Gasteiger charge is -2.10. The normalized spacial score (nSPS) is 11.2. The number of nitrogens with one attached hydrogen (secondary N) is 1. The molecule has 0 saturated carbocycles. The van der Waals surface area contributed by atoms with Crippen molar-refractivity contribution in [2.75, 3.05) is 6.54 Å². The van der Waals surface area contributed by atoms with E-state index in [4.69, 9.17) is 11.6 Å². The van der Waals surface area contributed by atoms with Crippen molar-refractivity contribution in [3.63, 3.8) is 0 Å². The lowest BCUT2D eigenvalue weighted by molar-refractivity contribution is 0.715. The van der Waals surface area contributed by atoms with Gasteiger partial charge >= 0.3 is 0 Å². The molecule has 0 fully saturated rings. The third-order valence-electron chi connectivity index (χ3n) is 4.20. The first kappa shape index (κ1) is 15.1. The van der Waals surface area contributed by atoms with Crippen LogP contribution in [-0.4, -0.2) is 11.1 Å². The van der Waals surface area contributed by atoms with Gasteiger partial charge in [-0.1, -0.05) is 54.9 Å². The summed E-state index contributed by atoms with van der Waals surface area (Å²) in [4.78, 5) is 0. The lowest BCUT2D eigenvalue weighted by Crippen LogP contribution is -2.13. The molecule has 0 bridgehead atoms. The van der Waals surface area contributed by atoms with Crippen molar-refractivity contribution in [3.05, 3.63) is 70.4 Å². The van der Waals surface area contributed by atoms with Gasteiger partial charge < -0.3 is 9.88 Å². The molecular weight excluding hydrogens is 292 g/mol. The Labute approximate surface area is 136 Å². The van der Waals surface area contributed by atoms with Gasteiger partial charge in [0.25, 0.3) is 0 Å². The summed E-state index contributed by atoms with van der Waals surface area (Å²) in [6.45, 7) is 7.02. The molecule has 2 nitrogen and oxygen atoms in total. The van der Waals surface area contributed by atoms with Crippen LogP contribution in [-0.2, 0) is 13.1 Å². The smallest absolute Gasteiger partial charge is 0.0493 e. The van der Waals surface area contributed by atoms with Crippen molar-refractivity contribution < 1.29 is 0 Å². The number of fused-ring (bicyclic) bond motifs is 1. The molecule has 0 aliphatic heterocycles. The van der Waals surface area contributed by atoms with Crippen LogP contribution in [0.15, 0.2) is 48.5 Å². The minimum absolute atomic E-state index is 0.804.